The van der Waals surface area contributed by atoms with Gasteiger partial charge in [-0.3, -0.25) is 5.41 Å². The first-order valence-electron chi connectivity index (χ1n) is 6.02. The number of thiocarbonyl (C=S) groups is 1. The monoisotopic (exact) mass is 357 g/mol. The second-order valence-corrected chi connectivity index (χ2v) is 6.18. The number of hydrogen-bond donors (Lipinski definition) is 3. The van der Waals surface area contributed by atoms with Gasteiger partial charge in [-0.25, -0.2) is 0 Å². The van der Waals surface area contributed by atoms with Crippen molar-refractivity contribution in [3.63, 3.8) is 0 Å². The van der Waals surface area contributed by atoms with Crippen LogP contribution >= 0.6 is 28.1 Å². The van der Waals surface area contributed by atoms with Crippen LogP contribution in [0.25, 0.3) is 0 Å². The topological polar surface area (TPSA) is 82.6 Å². The minimum Gasteiger partial charge on any atom is -0.384 e. The molecule has 5 nitrogen and oxygen atoms in total. The zero-order valence-electron chi connectivity index (χ0n) is 11.0. The summed E-state index contributed by atoms with van der Waals surface area (Å²) < 4.78 is 6.21. The minimum atomic E-state index is -1.03. The van der Waals surface area contributed by atoms with Crippen molar-refractivity contribution in [3.8, 4) is 0 Å². The van der Waals surface area contributed by atoms with Crippen LogP contribution in [0.1, 0.15) is 5.56 Å². The van der Waals surface area contributed by atoms with Gasteiger partial charge in [0, 0.05) is 11.5 Å². The molecule has 1 heterocycles. The zero-order chi connectivity index (χ0) is 14.9. The van der Waals surface area contributed by atoms with E-state index in [1.165, 1.54) is 4.90 Å². The second-order valence-electron chi connectivity index (χ2n) is 4.84. The summed E-state index contributed by atoms with van der Waals surface area (Å²) in [4.78, 5) is 1.30. The molecule has 1 aliphatic rings. The second kappa shape index (κ2) is 5.77. The molecule has 1 unspecified atom stereocenters. The Labute approximate surface area is 131 Å². The molecule has 0 spiro atoms. The molecule has 20 heavy (non-hydrogen) atoms. The Balaban J connectivity index is 2.32. The maximum absolute atomic E-state index is 10.6. The molecule has 1 aromatic carbocycles. The largest absolute Gasteiger partial charge is 0.384 e. The number of nitrogens with two attached hydrogens (primary N) is 1. The number of nitrogens with zero attached hydrogens (tertiary/aromatic N) is 1. The van der Waals surface area contributed by atoms with Crippen LogP contribution < -0.4 is 5.73 Å². The predicted octanol–water partition coefficient (Wildman–Crippen LogP) is 1.23. The highest BCUT2D eigenvalue weighted by Gasteiger charge is 2.49. The van der Waals surface area contributed by atoms with E-state index in [1.807, 2.05) is 24.3 Å². The maximum Gasteiger partial charge on any atom is 0.171 e. The van der Waals surface area contributed by atoms with Gasteiger partial charge in [-0.2, -0.15) is 0 Å². The van der Waals surface area contributed by atoms with Crippen molar-refractivity contribution in [2.75, 3.05) is 20.3 Å². The molecule has 1 aliphatic heterocycles. The fraction of sp³-hybridized carbons (Fsp3) is 0.385. The van der Waals surface area contributed by atoms with E-state index >= 15 is 0 Å². The van der Waals surface area contributed by atoms with E-state index in [0.29, 0.717) is 13.2 Å². The molecule has 2 rings (SSSR count). The average molecular weight is 358 g/mol. The lowest BCUT2D eigenvalue weighted by molar-refractivity contribution is -0.102. The number of amidine groups is 1. The van der Waals surface area contributed by atoms with Crippen molar-refractivity contribution in [1.29, 1.82) is 5.41 Å². The van der Waals surface area contributed by atoms with Crippen molar-refractivity contribution < 1.29 is 9.84 Å². The summed E-state index contributed by atoms with van der Waals surface area (Å²) in [6.45, 7) is 0.719. The van der Waals surface area contributed by atoms with E-state index in [1.54, 1.807) is 7.05 Å². The highest BCUT2D eigenvalue weighted by Crippen LogP contribution is 2.37. The highest BCUT2D eigenvalue weighted by molar-refractivity contribution is 9.10. The van der Waals surface area contributed by atoms with Crippen LogP contribution in [0, 0.1) is 5.41 Å². The van der Waals surface area contributed by atoms with Crippen molar-refractivity contribution in [1.82, 2.24) is 4.90 Å². The van der Waals surface area contributed by atoms with Crippen LogP contribution in [-0.4, -0.2) is 47.3 Å². The first kappa shape index (κ1) is 15.4. The average Bonchev–Trinajstić information content (AvgIpc) is 2.35. The van der Waals surface area contributed by atoms with E-state index < -0.39 is 11.5 Å². The molecular formula is C13H16BrN3O2S. The normalized spacial score (nSPS) is 17.9. The van der Waals surface area contributed by atoms with Gasteiger partial charge in [0.2, 0.25) is 0 Å². The van der Waals surface area contributed by atoms with Crippen LogP contribution in [0.5, 0.6) is 0 Å². The molecule has 1 atom stereocenters. The Morgan fingerprint density at radius 1 is 1.60 bits per heavy atom. The standard InChI is InChI=1S/C13H16BrN3O2S/c1-17(12(16)20)11(15)10(18)13(6-19-7-13)8-3-2-4-9(14)5-8/h2-5,10,15,18H,6-7H2,1H3,(H2,16,20). The number of rotatable bonds is 3. The number of benzene rings is 1. The smallest absolute Gasteiger partial charge is 0.171 e. The number of likely N-dealkylation sites (N-methyl/N-ethyl adjacent to an activating group) is 1. The SMILES string of the molecule is CN(C(=N)C(O)C1(c2cccc(Br)c2)COC1)C(N)=S. The van der Waals surface area contributed by atoms with Crippen LogP contribution in [0.15, 0.2) is 28.7 Å². The summed E-state index contributed by atoms with van der Waals surface area (Å²) in [7, 11) is 1.57. The van der Waals surface area contributed by atoms with Gasteiger partial charge in [0.15, 0.2) is 5.11 Å². The lowest BCUT2D eigenvalue weighted by Gasteiger charge is -2.46. The van der Waals surface area contributed by atoms with Crippen LogP contribution in [0.4, 0.5) is 0 Å². The fourth-order valence-corrected chi connectivity index (χ4v) is 2.66. The molecule has 108 valence electrons. The Morgan fingerprint density at radius 3 is 2.70 bits per heavy atom. The number of nitrogens with one attached hydrogen (secondary N) is 1. The predicted molar refractivity (Wildman–Crippen MR) is 84.9 cm³/mol. The summed E-state index contributed by atoms with van der Waals surface area (Å²) in [5.74, 6) is -0.0271. The first-order valence-corrected chi connectivity index (χ1v) is 7.22. The van der Waals surface area contributed by atoms with Crippen LogP contribution in [-0.2, 0) is 10.2 Å². The highest BCUT2D eigenvalue weighted by atomic mass is 79.9. The quantitative estimate of drug-likeness (QED) is 0.430. The number of aliphatic hydroxyl groups is 1. The van der Waals surface area contributed by atoms with Crippen molar-refractivity contribution in [3.05, 3.63) is 34.3 Å². The molecule has 0 amide bonds. The third-order valence-corrected chi connectivity index (χ3v) is 4.36. The van der Waals surface area contributed by atoms with Crippen molar-refractivity contribution in [2.45, 2.75) is 11.5 Å². The molecule has 0 bridgehead atoms. The molecule has 4 N–H and O–H groups in total. The molecule has 7 heteroatoms. The summed E-state index contributed by atoms with van der Waals surface area (Å²) in [5.41, 5.74) is 5.80. The Hall–Kier alpha value is -1.02. The number of ether oxygens (including phenoxy) is 1. The van der Waals surface area contributed by atoms with Gasteiger partial charge >= 0.3 is 0 Å². The molecule has 0 aliphatic carbocycles. The Kier molecular flexibility index (Phi) is 4.43. The third-order valence-electron chi connectivity index (χ3n) is 3.59. The lowest BCUT2D eigenvalue weighted by atomic mass is 9.73. The van der Waals surface area contributed by atoms with E-state index in [2.05, 4.69) is 15.9 Å². The van der Waals surface area contributed by atoms with E-state index in [-0.39, 0.29) is 10.9 Å². The lowest BCUT2D eigenvalue weighted by Crippen LogP contribution is -2.61. The number of hydrogen-bond acceptors (Lipinski definition) is 4. The molecule has 0 saturated carbocycles. The van der Waals surface area contributed by atoms with E-state index in [9.17, 15) is 5.11 Å². The van der Waals surface area contributed by atoms with Gasteiger partial charge < -0.3 is 20.5 Å². The van der Waals surface area contributed by atoms with Gasteiger partial charge in [0.1, 0.15) is 11.9 Å². The molecule has 0 radical (unpaired) electrons. The zero-order valence-corrected chi connectivity index (χ0v) is 13.4. The minimum absolute atomic E-state index is 0.0271. The summed E-state index contributed by atoms with van der Waals surface area (Å²) in [6, 6.07) is 7.66. The molecule has 1 saturated heterocycles. The van der Waals surface area contributed by atoms with Crippen molar-refractivity contribution in [2.24, 2.45) is 5.73 Å². The molecule has 0 aromatic heterocycles. The van der Waals surface area contributed by atoms with Gasteiger partial charge in [-0.05, 0) is 29.9 Å². The van der Waals surface area contributed by atoms with E-state index in [4.69, 9.17) is 28.1 Å². The van der Waals surface area contributed by atoms with Gasteiger partial charge in [0.05, 0.1) is 18.6 Å². The molecular weight excluding hydrogens is 342 g/mol. The summed E-state index contributed by atoms with van der Waals surface area (Å²) in [5, 5.41) is 18.7. The maximum atomic E-state index is 10.6. The van der Waals surface area contributed by atoms with Crippen LogP contribution in [0.2, 0.25) is 0 Å². The molecule has 1 aromatic rings. The number of aliphatic hydroxyl groups excluding tert-OH is 1. The summed E-state index contributed by atoms with van der Waals surface area (Å²) in [6.07, 6.45) is -1.03. The van der Waals surface area contributed by atoms with Gasteiger partial charge in [-0.1, -0.05) is 28.1 Å². The molecule has 1 fully saturated rings. The van der Waals surface area contributed by atoms with Crippen molar-refractivity contribution >= 4 is 39.1 Å². The van der Waals surface area contributed by atoms with E-state index in [0.717, 1.165) is 10.0 Å². The van der Waals surface area contributed by atoms with Gasteiger partial charge in [0.25, 0.3) is 0 Å². The first-order chi connectivity index (χ1) is 9.38. The number of halogens is 1. The third kappa shape index (κ3) is 2.58. The van der Waals surface area contributed by atoms with Gasteiger partial charge in [-0.15, -0.1) is 0 Å². The fourth-order valence-electron chi connectivity index (χ4n) is 2.17. The Bertz CT molecular complexity index is 548. The summed E-state index contributed by atoms with van der Waals surface area (Å²) >= 11 is 8.26. The van der Waals surface area contributed by atoms with Crippen LogP contribution in [0.3, 0.4) is 0 Å². The Morgan fingerprint density at radius 2 is 2.25 bits per heavy atom.